The number of benzene rings is 2. The van der Waals surface area contributed by atoms with Crippen LogP contribution in [0.1, 0.15) is 24.8 Å². The van der Waals surface area contributed by atoms with Gasteiger partial charge < -0.3 is 14.4 Å². The van der Waals surface area contributed by atoms with E-state index < -0.39 is 18.2 Å². The van der Waals surface area contributed by atoms with Crippen LogP contribution in [0.5, 0.6) is 0 Å². The monoisotopic (exact) mass is 493 g/mol. The van der Waals surface area contributed by atoms with Crippen LogP contribution in [0.3, 0.4) is 0 Å². The van der Waals surface area contributed by atoms with Crippen molar-refractivity contribution in [1.29, 1.82) is 0 Å². The molecular formula is C26H27N3O5S. The first-order valence-electron chi connectivity index (χ1n) is 11.6. The minimum Gasteiger partial charge on any atom is -0.354 e. The number of hydrogen-bond donors (Lipinski definition) is 0. The van der Waals surface area contributed by atoms with E-state index in [1.54, 1.807) is 23.5 Å². The summed E-state index contributed by atoms with van der Waals surface area (Å²) in [4.78, 5) is 46.6. The van der Waals surface area contributed by atoms with Gasteiger partial charge in [-0.05, 0) is 61.7 Å². The topological polar surface area (TPSA) is 89.0 Å². The molecule has 1 aromatic heterocycles. The number of carbonyl (C=O) groups is 3. The molecule has 2 heterocycles. The summed E-state index contributed by atoms with van der Waals surface area (Å²) >= 11 is 1.60. The van der Waals surface area contributed by atoms with E-state index in [2.05, 4.69) is 13.0 Å². The highest BCUT2D eigenvalue weighted by molar-refractivity contribution is 7.21. The molecule has 2 aromatic carbocycles. The van der Waals surface area contributed by atoms with E-state index in [1.807, 2.05) is 24.3 Å². The minimum atomic E-state index is -0.865. The molecule has 9 heteroatoms. The van der Waals surface area contributed by atoms with E-state index in [4.69, 9.17) is 14.5 Å². The second kappa shape index (κ2) is 9.49. The Morgan fingerprint density at radius 3 is 2.51 bits per heavy atom. The van der Waals surface area contributed by atoms with Gasteiger partial charge in [-0.2, -0.15) is 0 Å². The fraction of sp³-hybridized carbons (Fsp3) is 0.385. The van der Waals surface area contributed by atoms with Crippen LogP contribution in [-0.4, -0.2) is 60.7 Å². The Morgan fingerprint density at radius 1 is 1.14 bits per heavy atom. The smallest absolute Gasteiger partial charge is 0.257 e. The molecule has 3 aromatic rings. The standard InChI is InChI=1S/C26H27N3O5S/c1-15-4-11-19-21(12-15)35-24(27-19)16-7-9-18(10-8-16)29-22(30)13-20(26(29)32)28(14-23(33-2)34-3)25(31)17-5-6-17/h4,7-12,17,20,23H,5-6,13-14H2,1-3H3. The predicted molar refractivity (Wildman–Crippen MR) is 133 cm³/mol. The SMILES string of the molecule is COC(CN(C(=O)C1CC1)C1CC(=O)N(c2ccc(-c3nc4ccc(C)cc4s3)cc2)C1=O)OC. The molecule has 5 rings (SSSR count). The second-order valence-electron chi connectivity index (χ2n) is 8.99. The van der Waals surface area contributed by atoms with Crippen LogP contribution in [0.4, 0.5) is 5.69 Å². The fourth-order valence-corrected chi connectivity index (χ4v) is 5.45. The maximum atomic E-state index is 13.4. The molecule has 0 N–H and O–H groups in total. The van der Waals surface area contributed by atoms with Crippen molar-refractivity contribution in [3.63, 3.8) is 0 Å². The van der Waals surface area contributed by atoms with Crippen molar-refractivity contribution in [3.05, 3.63) is 48.0 Å². The second-order valence-corrected chi connectivity index (χ2v) is 10.0. The van der Waals surface area contributed by atoms with Gasteiger partial charge in [-0.1, -0.05) is 6.07 Å². The Kier molecular flexibility index (Phi) is 6.39. The van der Waals surface area contributed by atoms with Crippen LogP contribution >= 0.6 is 11.3 Å². The molecule has 182 valence electrons. The van der Waals surface area contributed by atoms with E-state index in [1.165, 1.54) is 29.6 Å². The Labute approximate surface area is 207 Å². The van der Waals surface area contributed by atoms with Crippen LogP contribution in [0.15, 0.2) is 42.5 Å². The summed E-state index contributed by atoms with van der Waals surface area (Å²) in [5.41, 5.74) is 3.52. The first kappa shape index (κ1) is 23.6. The summed E-state index contributed by atoms with van der Waals surface area (Å²) in [6.07, 6.45) is 0.860. The Bertz CT molecular complexity index is 1280. The molecule has 1 aliphatic carbocycles. The first-order valence-corrected chi connectivity index (χ1v) is 12.4. The van der Waals surface area contributed by atoms with Gasteiger partial charge in [-0.25, -0.2) is 9.88 Å². The maximum absolute atomic E-state index is 13.4. The zero-order valence-corrected chi connectivity index (χ0v) is 20.7. The molecule has 3 amide bonds. The average Bonchev–Trinajstić information content (AvgIpc) is 3.56. The molecule has 1 saturated carbocycles. The zero-order chi connectivity index (χ0) is 24.7. The number of thiazole rings is 1. The molecule has 2 aliphatic rings. The lowest BCUT2D eigenvalue weighted by Gasteiger charge is -2.30. The van der Waals surface area contributed by atoms with Gasteiger partial charge in [0.2, 0.25) is 11.8 Å². The van der Waals surface area contributed by atoms with Gasteiger partial charge in [0.15, 0.2) is 6.29 Å². The number of rotatable bonds is 8. The lowest BCUT2D eigenvalue weighted by molar-refractivity contribution is -0.153. The highest BCUT2D eigenvalue weighted by Gasteiger charge is 2.47. The van der Waals surface area contributed by atoms with Gasteiger partial charge in [0.25, 0.3) is 5.91 Å². The van der Waals surface area contributed by atoms with Crippen molar-refractivity contribution in [2.75, 3.05) is 25.7 Å². The van der Waals surface area contributed by atoms with Crippen molar-refractivity contribution in [3.8, 4) is 10.6 Å². The van der Waals surface area contributed by atoms with E-state index in [0.717, 1.165) is 33.6 Å². The summed E-state index contributed by atoms with van der Waals surface area (Å²) in [7, 11) is 2.96. The summed E-state index contributed by atoms with van der Waals surface area (Å²) in [6.45, 7) is 2.14. The number of aryl methyl sites for hydroxylation is 1. The van der Waals surface area contributed by atoms with Gasteiger partial charge in [-0.3, -0.25) is 14.4 Å². The number of hydrogen-bond acceptors (Lipinski definition) is 7. The van der Waals surface area contributed by atoms with Crippen molar-refractivity contribution in [2.45, 2.75) is 38.5 Å². The normalized spacial score (nSPS) is 18.2. The highest BCUT2D eigenvalue weighted by atomic mass is 32.1. The van der Waals surface area contributed by atoms with E-state index >= 15 is 0 Å². The molecule has 8 nitrogen and oxygen atoms in total. The van der Waals surface area contributed by atoms with Crippen molar-refractivity contribution >= 4 is 45.0 Å². The highest BCUT2D eigenvalue weighted by Crippen LogP contribution is 2.35. The third kappa shape index (κ3) is 4.59. The number of anilines is 1. The van der Waals surface area contributed by atoms with Crippen LogP contribution in [0.25, 0.3) is 20.8 Å². The number of nitrogens with zero attached hydrogens (tertiary/aromatic N) is 3. The van der Waals surface area contributed by atoms with Crippen LogP contribution < -0.4 is 4.90 Å². The molecule has 1 aliphatic heterocycles. The Hall–Kier alpha value is -3.14. The van der Waals surface area contributed by atoms with Crippen LogP contribution in [-0.2, 0) is 23.9 Å². The maximum Gasteiger partial charge on any atom is 0.257 e. The van der Waals surface area contributed by atoms with Gasteiger partial charge in [0, 0.05) is 25.7 Å². The molecule has 0 radical (unpaired) electrons. The molecule has 1 unspecified atom stereocenters. The fourth-order valence-electron chi connectivity index (χ4n) is 4.38. The van der Waals surface area contributed by atoms with Crippen LogP contribution in [0.2, 0.25) is 0 Å². The van der Waals surface area contributed by atoms with Crippen molar-refractivity contribution in [1.82, 2.24) is 9.88 Å². The van der Waals surface area contributed by atoms with Crippen LogP contribution in [0, 0.1) is 12.8 Å². The largest absolute Gasteiger partial charge is 0.354 e. The third-order valence-electron chi connectivity index (χ3n) is 6.50. The molecule has 2 fully saturated rings. The molecule has 0 bridgehead atoms. The number of amides is 3. The summed E-state index contributed by atoms with van der Waals surface area (Å²) in [5.74, 6) is -0.960. The Balaban J connectivity index is 1.38. The number of imide groups is 1. The van der Waals surface area contributed by atoms with Gasteiger partial charge in [-0.15, -0.1) is 11.3 Å². The number of ether oxygens (including phenoxy) is 2. The molecule has 1 saturated heterocycles. The van der Waals surface area contributed by atoms with Gasteiger partial charge in [0.05, 0.1) is 28.9 Å². The van der Waals surface area contributed by atoms with Gasteiger partial charge in [0.1, 0.15) is 11.0 Å². The summed E-state index contributed by atoms with van der Waals surface area (Å²) in [6, 6.07) is 12.5. The first-order chi connectivity index (χ1) is 16.9. The summed E-state index contributed by atoms with van der Waals surface area (Å²) in [5, 5.41) is 0.875. The average molecular weight is 494 g/mol. The summed E-state index contributed by atoms with van der Waals surface area (Å²) < 4.78 is 11.6. The van der Waals surface area contributed by atoms with Crippen molar-refractivity contribution in [2.24, 2.45) is 5.92 Å². The molecular weight excluding hydrogens is 466 g/mol. The number of aromatic nitrogens is 1. The molecule has 0 spiro atoms. The predicted octanol–water partition coefficient (Wildman–Crippen LogP) is 3.76. The Morgan fingerprint density at radius 2 is 1.86 bits per heavy atom. The minimum absolute atomic E-state index is 0.0591. The van der Waals surface area contributed by atoms with Crippen molar-refractivity contribution < 1.29 is 23.9 Å². The van der Waals surface area contributed by atoms with E-state index in [0.29, 0.717) is 5.69 Å². The third-order valence-corrected chi connectivity index (χ3v) is 7.56. The van der Waals surface area contributed by atoms with Gasteiger partial charge >= 0.3 is 0 Å². The zero-order valence-electron chi connectivity index (χ0n) is 19.9. The van der Waals surface area contributed by atoms with E-state index in [9.17, 15) is 14.4 Å². The molecule has 35 heavy (non-hydrogen) atoms. The number of fused-ring (bicyclic) bond motifs is 1. The quantitative estimate of drug-likeness (QED) is 0.351. The lowest BCUT2D eigenvalue weighted by Crippen LogP contribution is -2.49. The lowest BCUT2D eigenvalue weighted by atomic mass is 10.1. The molecule has 1 atom stereocenters. The number of carbonyl (C=O) groups excluding carboxylic acids is 3. The van der Waals surface area contributed by atoms with E-state index in [-0.39, 0.29) is 30.7 Å². The number of methoxy groups -OCH3 is 2.